The van der Waals surface area contributed by atoms with Gasteiger partial charge in [-0.3, -0.25) is 4.79 Å². The maximum absolute atomic E-state index is 12.4. The van der Waals surface area contributed by atoms with Crippen LogP contribution in [0.15, 0.2) is 22.7 Å². The molecule has 0 saturated carbocycles. The number of ketones is 1. The number of Topliss-reactive ketones (excluding diaryl/α,β-unsaturated/α-hetero) is 1. The third-order valence-corrected chi connectivity index (χ3v) is 4.25. The van der Waals surface area contributed by atoms with Crippen LogP contribution in [0.4, 0.5) is 0 Å². The predicted molar refractivity (Wildman–Crippen MR) is 78.2 cm³/mol. The van der Waals surface area contributed by atoms with E-state index in [4.69, 9.17) is 16.3 Å². The van der Waals surface area contributed by atoms with Gasteiger partial charge in [-0.25, -0.2) is 0 Å². The lowest BCUT2D eigenvalue weighted by atomic mass is 9.88. The lowest BCUT2D eigenvalue weighted by Crippen LogP contribution is -2.40. The van der Waals surface area contributed by atoms with Crippen LogP contribution in [0.5, 0.6) is 0 Å². The number of carbonyl (C=O) groups excluding carboxylic acids is 1. The number of benzene rings is 1. The zero-order chi connectivity index (χ0) is 13.8. The fourth-order valence-electron chi connectivity index (χ4n) is 2.05. The molecule has 1 aromatic carbocycles. The van der Waals surface area contributed by atoms with Crippen LogP contribution in [0.3, 0.4) is 0 Å². The van der Waals surface area contributed by atoms with Crippen LogP contribution < -0.4 is 0 Å². The van der Waals surface area contributed by atoms with Gasteiger partial charge in [-0.05, 0) is 30.5 Å². The summed E-state index contributed by atoms with van der Waals surface area (Å²) in [6.45, 7) is 3.93. The average molecular weight is 334 g/mol. The molecule has 2 nitrogen and oxygen atoms in total. The second-order valence-electron chi connectivity index (χ2n) is 4.24. The summed E-state index contributed by atoms with van der Waals surface area (Å²) in [7, 11) is 1.59. The van der Waals surface area contributed by atoms with Gasteiger partial charge in [-0.2, -0.15) is 0 Å². The summed E-state index contributed by atoms with van der Waals surface area (Å²) in [5.74, 6) is 0.0826. The summed E-state index contributed by atoms with van der Waals surface area (Å²) in [6.07, 6.45) is 1.65. The monoisotopic (exact) mass is 332 g/mol. The second-order valence-corrected chi connectivity index (χ2v) is 5.56. The molecule has 0 spiro atoms. The first kappa shape index (κ1) is 15.7. The Kier molecular flexibility index (Phi) is 5.83. The first-order valence-corrected chi connectivity index (χ1v) is 7.18. The Balaban J connectivity index is 2.93. The van der Waals surface area contributed by atoms with Gasteiger partial charge in [0.15, 0.2) is 5.78 Å². The van der Waals surface area contributed by atoms with Gasteiger partial charge in [-0.15, -0.1) is 0 Å². The number of hydrogen-bond donors (Lipinski definition) is 0. The van der Waals surface area contributed by atoms with Crippen molar-refractivity contribution in [2.75, 3.05) is 7.11 Å². The third kappa shape index (κ3) is 3.34. The zero-order valence-corrected chi connectivity index (χ0v) is 13.3. The molecular formula is C14H18BrClO2. The minimum absolute atomic E-state index is 0.0826. The van der Waals surface area contributed by atoms with Gasteiger partial charge in [0.25, 0.3) is 0 Å². The van der Waals surface area contributed by atoms with Crippen LogP contribution in [-0.2, 0) is 16.0 Å². The van der Waals surface area contributed by atoms with E-state index in [0.717, 1.165) is 10.0 Å². The lowest BCUT2D eigenvalue weighted by Gasteiger charge is -2.28. The molecule has 1 rings (SSSR count). The maximum atomic E-state index is 12.4. The molecular weight excluding hydrogens is 316 g/mol. The van der Waals surface area contributed by atoms with Crippen molar-refractivity contribution in [3.8, 4) is 0 Å². The SMILES string of the molecule is CCC(CC)(OC)C(=O)Cc1ccc(Br)cc1Cl. The van der Waals surface area contributed by atoms with Crippen LogP contribution >= 0.6 is 27.5 Å². The Morgan fingerprint density at radius 2 is 2.00 bits per heavy atom. The smallest absolute Gasteiger partial charge is 0.168 e. The highest BCUT2D eigenvalue weighted by Crippen LogP contribution is 2.26. The molecule has 4 heteroatoms. The number of halogens is 2. The summed E-state index contributed by atoms with van der Waals surface area (Å²) in [6, 6.07) is 5.56. The molecule has 1 aromatic rings. The van der Waals surface area contributed by atoms with Crippen LogP contribution in [0, 0.1) is 0 Å². The third-order valence-electron chi connectivity index (χ3n) is 3.41. The molecule has 0 heterocycles. The number of ether oxygens (including phenoxy) is 1. The molecule has 0 atom stereocenters. The van der Waals surface area contributed by atoms with Crippen molar-refractivity contribution < 1.29 is 9.53 Å². The summed E-state index contributed by atoms with van der Waals surface area (Å²) in [5, 5.41) is 0.606. The van der Waals surface area contributed by atoms with Crippen molar-refractivity contribution >= 4 is 33.3 Å². The number of rotatable bonds is 6. The number of methoxy groups -OCH3 is 1. The van der Waals surface area contributed by atoms with Gasteiger partial charge < -0.3 is 4.74 Å². The molecule has 0 aliphatic heterocycles. The molecule has 0 N–H and O–H groups in total. The Morgan fingerprint density at radius 3 is 2.44 bits per heavy atom. The Bertz CT molecular complexity index is 420. The van der Waals surface area contributed by atoms with Crippen molar-refractivity contribution in [2.45, 2.75) is 38.7 Å². The fourth-order valence-corrected chi connectivity index (χ4v) is 2.79. The summed E-state index contributed by atoms with van der Waals surface area (Å²) in [5.41, 5.74) is 0.157. The molecule has 0 unspecified atom stereocenters. The largest absolute Gasteiger partial charge is 0.370 e. The minimum atomic E-state index is -0.684. The van der Waals surface area contributed by atoms with E-state index in [-0.39, 0.29) is 5.78 Å². The summed E-state index contributed by atoms with van der Waals surface area (Å²) in [4.78, 5) is 12.4. The molecule has 0 aromatic heterocycles. The molecule has 0 aliphatic carbocycles. The standard InChI is InChI=1S/C14H18BrClO2/c1-4-14(5-2,18-3)13(17)8-10-6-7-11(15)9-12(10)16/h6-7,9H,4-5,8H2,1-3H3. The topological polar surface area (TPSA) is 26.3 Å². The van der Waals surface area contributed by atoms with Gasteiger partial charge in [0.05, 0.1) is 0 Å². The highest BCUT2D eigenvalue weighted by atomic mass is 79.9. The number of carbonyl (C=O) groups is 1. The Morgan fingerprint density at radius 1 is 1.39 bits per heavy atom. The zero-order valence-electron chi connectivity index (χ0n) is 10.9. The first-order valence-electron chi connectivity index (χ1n) is 6.01. The minimum Gasteiger partial charge on any atom is -0.370 e. The van der Waals surface area contributed by atoms with E-state index in [2.05, 4.69) is 15.9 Å². The van der Waals surface area contributed by atoms with E-state index in [9.17, 15) is 4.79 Å². The fraction of sp³-hybridized carbons (Fsp3) is 0.500. The van der Waals surface area contributed by atoms with Gasteiger partial charge >= 0.3 is 0 Å². The molecule has 0 fully saturated rings. The van der Waals surface area contributed by atoms with Gasteiger partial charge in [-0.1, -0.05) is 47.4 Å². The lowest BCUT2D eigenvalue weighted by molar-refractivity contribution is -0.141. The Labute approximate surface area is 122 Å². The van der Waals surface area contributed by atoms with E-state index in [1.165, 1.54) is 0 Å². The summed E-state index contributed by atoms with van der Waals surface area (Å²) < 4.78 is 6.34. The van der Waals surface area contributed by atoms with Crippen LogP contribution in [0.1, 0.15) is 32.3 Å². The molecule has 0 saturated heterocycles. The van der Waals surface area contributed by atoms with Crippen molar-refractivity contribution in [2.24, 2.45) is 0 Å². The van der Waals surface area contributed by atoms with Crippen LogP contribution in [0.2, 0.25) is 5.02 Å². The molecule has 0 amide bonds. The average Bonchev–Trinajstić information content (AvgIpc) is 2.36. The number of hydrogen-bond acceptors (Lipinski definition) is 2. The summed E-state index contributed by atoms with van der Waals surface area (Å²) >= 11 is 9.48. The van der Waals surface area contributed by atoms with E-state index in [1.54, 1.807) is 13.2 Å². The first-order chi connectivity index (χ1) is 8.49. The molecule has 0 bridgehead atoms. The van der Waals surface area contributed by atoms with Gasteiger partial charge in [0.2, 0.25) is 0 Å². The molecule has 18 heavy (non-hydrogen) atoms. The predicted octanol–water partition coefficient (Wildman–Crippen LogP) is 4.42. The van der Waals surface area contributed by atoms with E-state index >= 15 is 0 Å². The van der Waals surface area contributed by atoms with E-state index < -0.39 is 5.60 Å². The van der Waals surface area contributed by atoms with Gasteiger partial charge in [0.1, 0.15) is 5.60 Å². The van der Waals surface area contributed by atoms with Gasteiger partial charge in [0, 0.05) is 23.0 Å². The van der Waals surface area contributed by atoms with Crippen molar-refractivity contribution in [3.63, 3.8) is 0 Å². The van der Waals surface area contributed by atoms with Crippen LogP contribution in [0.25, 0.3) is 0 Å². The quantitative estimate of drug-likeness (QED) is 0.770. The van der Waals surface area contributed by atoms with Crippen LogP contribution in [-0.4, -0.2) is 18.5 Å². The molecule has 0 aliphatic rings. The maximum Gasteiger partial charge on any atom is 0.168 e. The van der Waals surface area contributed by atoms with Crippen molar-refractivity contribution in [1.29, 1.82) is 0 Å². The highest BCUT2D eigenvalue weighted by molar-refractivity contribution is 9.10. The molecule has 0 radical (unpaired) electrons. The second kappa shape index (κ2) is 6.69. The van der Waals surface area contributed by atoms with E-state index in [0.29, 0.717) is 24.3 Å². The van der Waals surface area contributed by atoms with E-state index in [1.807, 2.05) is 26.0 Å². The van der Waals surface area contributed by atoms with Crippen molar-refractivity contribution in [3.05, 3.63) is 33.3 Å². The normalized spacial score (nSPS) is 11.6. The highest BCUT2D eigenvalue weighted by Gasteiger charge is 2.34. The Hall–Kier alpha value is -0.380. The molecule has 100 valence electrons. The van der Waals surface area contributed by atoms with Crippen molar-refractivity contribution in [1.82, 2.24) is 0 Å².